The fourth-order valence-corrected chi connectivity index (χ4v) is 10.8. The number of ether oxygens (including phenoxy) is 5. The zero-order valence-electron chi connectivity index (χ0n) is 38.7. The summed E-state index contributed by atoms with van der Waals surface area (Å²) in [7, 11) is -2.04. The van der Waals surface area contributed by atoms with E-state index in [4.69, 9.17) is 28.1 Å². The van der Waals surface area contributed by atoms with Crippen LogP contribution >= 0.6 is 0 Å². The number of carbonyl (C=O) groups excluding carboxylic acids is 6. The molecule has 5 aliphatic rings. The highest BCUT2D eigenvalue weighted by molar-refractivity contribution is 6.74. The van der Waals surface area contributed by atoms with Crippen LogP contribution in [0.3, 0.4) is 0 Å². The van der Waals surface area contributed by atoms with E-state index in [0.717, 1.165) is 24.2 Å². The molecule has 2 unspecified atom stereocenters. The predicted octanol–water partition coefficient (Wildman–Crippen LogP) is 6.45. The Kier molecular flexibility index (Phi) is 16.8. The molecule has 2 N–H and O–H groups in total. The zero-order chi connectivity index (χ0) is 46.2. The number of alkyl carbamates (subject to hydrolysis) is 1. The average Bonchev–Trinajstić information content (AvgIpc) is 3.47. The van der Waals surface area contributed by atoms with Crippen molar-refractivity contribution >= 4 is 44.0 Å². The van der Waals surface area contributed by atoms with Crippen molar-refractivity contribution in [3.05, 3.63) is 58.7 Å². The zero-order valence-corrected chi connectivity index (χ0v) is 39.7. The highest BCUT2D eigenvalue weighted by atomic mass is 28.4. The van der Waals surface area contributed by atoms with Gasteiger partial charge in [0.1, 0.15) is 18.2 Å². The van der Waals surface area contributed by atoms with Gasteiger partial charge in [0.25, 0.3) is 11.8 Å². The monoisotopic (exact) mass is 907 g/mol. The summed E-state index contributed by atoms with van der Waals surface area (Å²) < 4.78 is 35.7. The Morgan fingerprint density at radius 1 is 0.938 bits per heavy atom. The van der Waals surface area contributed by atoms with Crippen LogP contribution in [0.4, 0.5) is 4.79 Å². The second kappa shape index (κ2) is 21.8. The standard InChI is InChI=1S/C48H69N3O12Si/c1-30-26-33-14-13-31(2)36(16-15-34-28-35(29-41(53)61-34)63-64(6,7)48(3,4)5)42(33)39(27-30)62-47(57)49-19-21-59-23-25-60-24-22-58-20-9-11-32-10-8-12-37-43(32)46(56)51(45(37)55)38-17-18-40(52)50-44(38)54/h8,10,12-14,26,30-31,34-36,38-39,42H,9,11,15-25,27-29H2,1-7H3,(H,49,57)(H,50,52,54)/t30-,31-,34+,35+,36?,38?,39-,42-/m0/s1. The van der Waals surface area contributed by atoms with E-state index in [0.29, 0.717) is 83.0 Å². The summed E-state index contributed by atoms with van der Waals surface area (Å²) >= 11 is 0. The minimum atomic E-state index is -2.04. The number of allylic oxidation sites excluding steroid dienone is 3. The van der Waals surface area contributed by atoms with Crippen LogP contribution < -0.4 is 10.6 Å². The Labute approximate surface area is 378 Å². The van der Waals surface area contributed by atoms with Crippen LogP contribution in [-0.4, -0.2) is 119 Å². The fraction of sp³-hybridized carbons (Fsp3) is 0.667. The van der Waals surface area contributed by atoms with E-state index in [1.165, 1.54) is 5.57 Å². The minimum absolute atomic E-state index is 0.0545. The first-order valence-electron chi connectivity index (χ1n) is 23.2. The van der Waals surface area contributed by atoms with Crippen molar-refractivity contribution in [1.29, 1.82) is 0 Å². The van der Waals surface area contributed by atoms with Gasteiger partial charge in [-0.05, 0) is 91.6 Å². The van der Waals surface area contributed by atoms with Crippen LogP contribution in [0.15, 0.2) is 42.0 Å². The van der Waals surface area contributed by atoms with Gasteiger partial charge in [-0.1, -0.05) is 65.0 Å². The number of piperidine rings is 1. The van der Waals surface area contributed by atoms with Gasteiger partial charge in [0.2, 0.25) is 11.8 Å². The van der Waals surface area contributed by atoms with Crippen LogP contribution in [0.5, 0.6) is 0 Å². The van der Waals surface area contributed by atoms with Gasteiger partial charge < -0.3 is 33.4 Å². The number of amides is 5. The number of rotatable bonds is 20. The van der Waals surface area contributed by atoms with Crippen molar-refractivity contribution in [2.45, 2.75) is 135 Å². The third-order valence-corrected chi connectivity index (χ3v) is 18.2. The molecule has 8 atom stereocenters. The van der Waals surface area contributed by atoms with E-state index in [1.807, 2.05) is 0 Å². The third-order valence-electron chi connectivity index (χ3n) is 13.7. The normalized spacial score (nSPS) is 27.1. The minimum Gasteiger partial charge on any atom is -0.462 e. The van der Waals surface area contributed by atoms with E-state index in [-0.39, 0.29) is 71.4 Å². The molecule has 1 aromatic rings. The molecule has 2 saturated heterocycles. The number of nitrogens with zero attached hydrogens (tertiary/aromatic N) is 1. The third kappa shape index (κ3) is 12.4. The molecular formula is C48H69N3O12Si. The lowest BCUT2D eigenvalue weighted by molar-refractivity contribution is -0.160. The lowest BCUT2D eigenvalue weighted by Gasteiger charge is -2.44. The molecule has 0 saturated carbocycles. The largest absolute Gasteiger partial charge is 0.462 e. The molecule has 3 aliphatic heterocycles. The van der Waals surface area contributed by atoms with Gasteiger partial charge in [0.15, 0.2) is 8.32 Å². The number of benzene rings is 1. The Morgan fingerprint density at radius 2 is 1.66 bits per heavy atom. The molecule has 0 aromatic heterocycles. The maximum atomic E-state index is 13.3. The van der Waals surface area contributed by atoms with Gasteiger partial charge in [-0.3, -0.25) is 34.2 Å². The lowest BCUT2D eigenvalue weighted by atomic mass is 9.65. The number of fused-ring (bicyclic) bond motifs is 2. The molecule has 6 rings (SSSR count). The number of nitrogens with one attached hydrogen (secondary N) is 2. The Balaban J connectivity index is 0.844. The molecule has 16 heteroatoms. The van der Waals surface area contributed by atoms with E-state index in [1.54, 1.807) is 18.2 Å². The second-order valence-corrected chi connectivity index (χ2v) is 24.3. The van der Waals surface area contributed by atoms with E-state index >= 15 is 0 Å². The fourth-order valence-electron chi connectivity index (χ4n) is 9.41. The summed E-state index contributed by atoms with van der Waals surface area (Å²) in [5, 5.41) is 5.13. The summed E-state index contributed by atoms with van der Waals surface area (Å²) in [6.45, 7) is 17.9. The maximum Gasteiger partial charge on any atom is 0.407 e. The molecule has 1 aromatic carbocycles. The lowest BCUT2D eigenvalue weighted by Crippen LogP contribution is -2.54. The van der Waals surface area contributed by atoms with Crippen molar-refractivity contribution in [2.75, 3.05) is 46.2 Å². The first-order chi connectivity index (χ1) is 30.4. The number of hydrogen-bond acceptors (Lipinski definition) is 12. The smallest absolute Gasteiger partial charge is 0.407 e. The molecule has 15 nitrogen and oxygen atoms in total. The number of carbonyl (C=O) groups is 6. The Hall–Kier alpha value is -4.22. The molecule has 64 heavy (non-hydrogen) atoms. The van der Waals surface area contributed by atoms with Crippen LogP contribution in [0, 0.1) is 23.7 Å². The summed E-state index contributed by atoms with van der Waals surface area (Å²) in [6, 6.07) is 4.11. The van der Waals surface area contributed by atoms with Crippen LogP contribution in [-0.2, 0) is 48.9 Å². The summed E-state index contributed by atoms with van der Waals surface area (Å²) in [6.07, 6.45) is 10.3. The number of imide groups is 2. The molecule has 0 spiro atoms. The summed E-state index contributed by atoms with van der Waals surface area (Å²) in [5.41, 5.74) is 2.50. The second-order valence-electron chi connectivity index (χ2n) is 19.5. The molecule has 0 radical (unpaired) electrons. The van der Waals surface area contributed by atoms with Crippen molar-refractivity contribution < 1.29 is 56.9 Å². The first kappa shape index (κ1) is 49.2. The van der Waals surface area contributed by atoms with Gasteiger partial charge in [0, 0.05) is 31.9 Å². The van der Waals surface area contributed by atoms with Crippen molar-refractivity contribution in [3.8, 4) is 0 Å². The van der Waals surface area contributed by atoms with Gasteiger partial charge >= 0.3 is 12.1 Å². The van der Waals surface area contributed by atoms with Gasteiger partial charge in [0.05, 0.1) is 56.7 Å². The molecule has 5 amide bonds. The number of cyclic esters (lactones) is 1. The number of aryl methyl sites for hydroxylation is 1. The van der Waals surface area contributed by atoms with Crippen molar-refractivity contribution in [3.63, 3.8) is 0 Å². The average molecular weight is 908 g/mol. The highest BCUT2D eigenvalue weighted by Gasteiger charge is 2.46. The predicted molar refractivity (Wildman–Crippen MR) is 240 cm³/mol. The number of hydrogen-bond donors (Lipinski definition) is 2. The highest BCUT2D eigenvalue weighted by Crippen LogP contribution is 2.46. The molecule has 2 aliphatic carbocycles. The molecule has 352 valence electrons. The molecule has 0 bridgehead atoms. The van der Waals surface area contributed by atoms with E-state index < -0.39 is 44.1 Å². The van der Waals surface area contributed by atoms with Crippen molar-refractivity contribution in [2.24, 2.45) is 23.7 Å². The van der Waals surface area contributed by atoms with E-state index in [9.17, 15) is 28.8 Å². The van der Waals surface area contributed by atoms with Crippen molar-refractivity contribution in [1.82, 2.24) is 15.5 Å². The van der Waals surface area contributed by atoms with Crippen LogP contribution in [0.1, 0.15) is 112 Å². The maximum absolute atomic E-state index is 13.3. The topological polar surface area (TPSA) is 185 Å². The van der Waals surface area contributed by atoms with E-state index in [2.05, 4.69) is 76.6 Å². The van der Waals surface area contributed by atoms with Crippen LogP contribution in [0.2, 0.25) is 18.1 Å². The molecule has 2 fully saturated rings. The van der Waals surface area contributed by atoms with Gasteiger partial charge in [-0.15, -0.1) is 0 Å². The Bertz CT molecular complexity index is 1940. The molecule has 3 heterocycles. The Morgan fingerprint density at radius 3 is 2.38 bits per heavy atom. The van der Waals surface area contributed by atoms with Gasteiger partial charge in [-0.2, -0.15) is 0 Å². The quantitative estimate of drug-likeness (QED) is 0.0632. The summed E-state index contributed by atoms with van der Waals surface area (Å²) in [5.74, 6) is -1.44. The number of esters is 1. The first-order valence-corrected chi connectivity index (χ1v) is 26.1. The summed E-state index contributed by atoms with van der Waals surface area (Å²) in [4.78, 5) is 77.1. The van der Waals surface area contributed by atoms with Crippen LogP contribution in [0.25, 0.3) is 0 Å². The molecular weight excluding hydrogens is 839 g/mol. The van der Waals surface area contributed by atoms with Gasteiger partial charge in [-0.25, -0.2) is 4.79 Å². The SMILES string of the molecule is C[C@H]1C=C2C=C[C@H](C)C(CC[C@@H]3C[C@@H](O[Si](C)(C)C(C)(C)C)CC(=O)O3)[C@H]2[C@@H](OC(=O)NCCOCCOCCOCCCc2cccc3c2C(=O)N(C2CCC(=O)NC2=O)C3=O)C1.